The highest BCUT2D eigenvalue weighted by Crippen LogP contribution is 2.35. The van der Waals surface area contributed by atoms with Gasteiger partial charge in [0.25, 0.3) is 5.91 Å². The quantitative estimate of drug-likeness (QED) is 0.201. The van der Waals surface area contributed by atoms with Crippen molar-refractivity contribution in [3.05, 3.63) is 28.8 Å². The number of carbonyl (C=O) groups excluding carboxylic acids is 1. The van der Waals surface area contributed by atoms with Crippen molar-refractivity contribution in [2.45, 2.75) is 6.42 Å². The molecule has 0 aliphatic heterocycles. The van der Waals surface area contributed by atoms with E-state index in [4.69, 9.17) is 15.5 Å². The van der Waals surface area contributed by atoms with Gasteiger partial charge in [0.2, 0.25) is 0 Å². The van der Waals surface area contributed by atoms with E-state index < -0.39 is 54.9 Å². The van der Waals surface area contributed by atoms with Crippen molar-refractivity contribution in [2.75, 3.05) is 18.9 Å². The summed E-state index contributed by atoms with van der Waals surface area (Å²) in [6, 6.07) is 0. The van der Waals surface area contributed by atoms with Gasteiger partial charge < -0.3 is 20.8 Å². The van der Waals surface area contributed by atoms with Crippen LogP contribution in [0.3, 0.4) is 0 Å². The molecular formula is C10H11F4N2O5P. The second kappa shape index (κ2) is 7.05. The molecule has 0 aliphatic carbocycles. The lowest BCUT2D eigenvalue weighted by Crippen LogP contribution is -2.28. The Morgan fingerprint density at radius 1 is 1.14 bits per heavy atom. The molecule has 1 amide bonds. The zero-order valence-electron chi connectivity index (χ0n) is 10.8. The molecule has 1 aromatic carbocycles. The van der Waals surface area contributed by atoms with E-state index in [1.807, 2.05) is 5.32 Å². The number of rotatable bonds is 6. The van der Waals surface area contributed by atoms with Crippen LogP contribution >= 0.6 is 7.82 Å². The number of nitrogens with one attached hydrogen (secondary N) is 1. The van der Waals surface area contributed by atoms with E-state index in [0.29, 0.717) is 0 Å². The van der Waals surface area contributed by atoms with E-state index in [0.717, 1.165) is 0 Å². The van der Waals surface area contributed by atoms with Crippen LogP contribution in [0.25, 0.3) is 0 Å². The highest BCUT2D eigenvalue weighted by molar-refractivity contribution is 7.46. The molecule has 5 N–H and O–H groups in total. The van der Waals surface area contributed by atoms with Crippen LogP contribution in [0.15, 0.2) is 0 Å². The molecule has 0 fully saturated rings. The van der Waals surface area contributed by atoms with Gasteiger partial charge in [0.15, 0.2) is 23.3 Å². The molecule has 0 unspecified atom stereocenters. The van der Waals surface area contributed by atoms with E-state index >= 15 is 0 Å². The molecule has 12 heteroatoms. The summed E-state index contributed by atoms with van der Waals surface area (Å²) >= 11 is 0. The average Bonchev–Trinajstić information content (AvgIpc) is 2.41. The summed E-state index contributed by atoms with van der Waals surface area (Å²) < 4.78 is 67.6. The maximum absolute atomic E-state index is 13.4. The van der Waals surface area contributed by atoms with E-state index in [-0.39, 0.29) is 13.0 Å². The largest absolute Gasteiger partial charge is 0.469 e. The number of phosphoric acid groups is 1. The van der Waals surface area contributed by atoms with Crippen LogP contribution in [0.1, 0.15) is 16.8 Å². The van der Waals surface area contributed by atoms with E-state index in [1.54, 1.807) is 0 Å². The third-order valence-electron chi connectivity index (χ3n) is 2.39. The Hall–Kier alpha value is -1.68. The summed E-state index contributed by atoms with van der Waals surface area (Å²) in [4.78, 5) is 28.2. The number of benzene rings is 1. The minimum absolute atomic E-state index is 0.125. The summed E-state index contributed by atoms with van der Waals surface area (Å²) in [6.07, 6.45) is -0.125. The smallest absolute Gasteiger partial charge is 0.394 e. The third kappa shape index (κ3) is 4.41. The molecule has 1 rings (SSSR count). The Balaban J connectivity index is 2.73. The molecule has 0 saturated carbocycles. The van der Waals surface area contributed by atoms with E-state index in [9.17, 15) is 26.9 Å². The van der Waals surface area contributed by atoms with Crippen molar-refractivity contribution in [3.63, 3.8) is 0 Å². The van der Waals surface area contributed by atoms with Crippen molar-refractivity contribution in [1.82, 2.24) is 5.32 Å². The van der Waals surface area contributed by atoms with Crippen molar-refractivity contribution < 1.29 is 41.2 Å². The minimum atomic E-state index is -4.67. The number of nitrogens with two attached hydrogens (primary N) is 1. The summed E-state index contributed by atoms with van der Waals surface area (Å²) in [7, 11) is -4.67. The lowest BCUT2D eigenvalue weighted by Gasteiger charge is -2.10. The molecule has 7 nitrogen and oxygen atoms in total. The number of hydrogen-bond donors (Lipinski definition) is 4. The first-order valence-electron chi connectivity index (χ1n) is 5.66. The predicted molar refractivity (Wildman–Crippen MR) is 65.6 cm³/mol. The molecule has 0 spiro atoms. The van der Waals surface area contributed by atoms with Crippen LogP contribution in [0.5, 0.6) is 0 Å². The lowest BCUT2D eigenvalue weighted by molar-refractivity contribution is 0.0940. The predicted octanol–water partition coefficient (Wildman–Crippen LogP) is 1.05. The number of halogens is 4. The molecule has 0 radical (unpaired) electrons. The molecular weight excluding hydrogens is 335 g/mol. The summed E-state index contributed by atoms with van der Waals surface area (Å²) in [6.45, 7) is -0.773. The SMILES string of the molecule is Nc1c(F)c(F)c(C(=O)NCCCOP(=O)(O)O)c(F)c1F. The molecule has 22 heavy (non-hydrogen) atoms. The second-order valence-electron chi connectivity index (χ2n) is 3.98. The first-order valence-corrected chi connectivity index (χ1v) is 7.19. The van der Waals surface area contributed by atoms with Gasteiger partial charge in [-0.15, -0.1) is 0 Å². The average molecular weight is 346 g/mol. The lowest BCUT2D eigenvalue weighted by atomic mass is 10.1. The third-order valence-corrected chi connectivity index (χ3v) is 2.91. The van der Waals surface area contributed by atoms with Gasteiger partial charge in [-0.25, -0.2) is 22.1 Å². The molecule has 124 valence electrons. The molecule has 0 heterocycles. The normalized spacial score (nSPS) is 11.5. The zero-order valence-corrected chi connectivity index (χ0v) is 11.7. The Morgan fingerprint density at radius 2 is 1.64 bits per heavy atom. The Morgan fingerprint density at radius 3 is 2.09 bits per heavy atom. The number of hydrogen-bond acceptors (Lipinski definition) is 4. The first kappa shape index (κ1) is 18.4. The Bertz CT molecular complexity index is 607. The van der Waals surface area contributed by atoms with E-state index in [1.165, 1.54) is 0 Å². The summed E-state index contributed by atoms with van der Waals surface area (Å²) in [5, 5.41) is 1.91. The van der Waals surface area contributed by atoms with Gasteiger partial charge in [-0.1, -0.05) is 0 Å². The topological polar surface area (TPSA) is 122 Å². The molecule has 0 aromatic heterocycles. The number of anilines is 1. The van der Waals surface area contributed by atoms with Gasteiger partial charge in [0.1, 0.15) is 11.3 Å². The van der Waals surface area contributed by atoms with Gasteiger partial charge in [0, 0.05) is 6.54 Å². The highest BCUT2D eigenvalue weighted by Gasteiger charge is 2.28. The molecule has 0 saturated heterocycles. The molecule has 0 bridgehead atoms. The van der Waals surface area contributed by atoms with Crippen molar-refractivity contribution in [3.8, 4) is 0 Å². The van der Waals surface area contributed by atoms with Crippen LogP contribution in [-0.2, 0) is 9.09 Å². The van der Waals surface area contributed by atoms with Crippen LogP contribution < -0.4 is 11.1 Å². The number of nitrogen functional groups attached to an aromatic ring is 1. The van der Waals surface area contributed by atoms with Crippen LogP contribution in [-0.4, -0.2) is 28.8 Å². The zero-order chi connectivity index (χ0) is 17.1. The number of amides is 1. The number of carbonyl (C=O) groups is 1. The van der Waals surface area contributed by atoms with Crippen molar-refractivity contribution >= 4 is 19.4 Å². The fourth-order valence-corrected chi connectivity index (χ4v) is 1.76. The van der Waals surface area contributed by atoms with E-state index in [2.05, 4.69) is 4.52 Å². The maximum Gasteiger partial charge on any atom is 0.469 e. The maximum atomic E-state index is 13.4. The monoisotopic (exact) mass is 346 g/mol. The van der Waals surface area contributed by atoms with Gasteiger partial charge in [-0.05, 0) is 6.42 Å². The van der Waals surface area contributed by atoms with Crippen LogP contribution in [0, 0.1) is 23.3 Å². The summed E-state index contributed by atoms with van der Waals surface area (Å²) in [5.41, 5.74) is 1.91. The minimum Gasteiger partial charge on any atom is -0.394 e. The summed E-state index contributed by atoms with van der Waals surface area (Å²) in [5.74, 6) is -9.13. The molecule has 0 atom stereocenters. The Labute approximate surface area is 121 Å². The van der Waals surface area contributed by atoms with Crippen molar-refractivity contribution in [2.24, 2.45) is 0 Å². The number of phosphoric ester groups is 1. The van der Waals surface area contributed by atoms with Gasteiger partial charge >= 0.3 is 7.82 Å². The highest BCUT2D eigenvalue weighted by atomic mass is 31.2. The van der Waals surface area contributed by atoms with Gasteiger partial charge in [0.05, 0.1) is 6.61 Å². The van der Waals surface area contributed by atoms with Crippen molar-refractivity contribution in [1.29, 1.82) is 0 Å². The second-order valence-corrected chi connectivity index (χ2v) is 5.22. The molecule has 0 aliphatic rings. The van der Waals surface area contributed by atoms with Gasteiger partial charge in [-0.2, -0.15) is 0 Å². The van der Waals surface area contributed by atoms with Crippen LogP contribution in [0.4, 0.5) is 23.2 Å². The van der Waals surface area contributed by atoms with Gasteiger partial charge in [-0.3, -0.25) is 9.32 Å². The Kier molecular flexibility index (Phi) is 5.89. The fraction of sp³-hybridized carbons (Fsp3) is 0.300. The first-order chi connectivity index (χ1) is 10.1. The van der Waals surface area contributed by atoms with Crippen LogP contribution in [0.2, 0.25) is 0 Å². The fourth-order valence-electron chi connectivity index (χ4n) is 1.39. The molecule has 1 aromatic rings. The standard InChI is InChI=1S/C10H11F4N2O5P/c11-5-4(6(12)8(14)9(15)7(5)13)10(17)16-2-1-3-21-22(18,19)20/h1-3,15H2,(H,16,17)(H2,18,19,20).